The number of fused-ring (bicyclic) bond motifs is 1. The lowest BCUT2D eigenvalue weighted by Crippen LogP contribution is -2.25. The number of anilines is 1. The molecule has 10 heteroatoms. The number of hydrogen-bond donors (Lipinski definition) is 1. The van der Waals surface area contributed by atoms with Crippen LogP contribution in [0, 0.1) is 0 Å². The van der Waals surface area contributed by atoms with E-state index in [4.69, 9.17) is 21.1 Å². The average molecular weight is 424 g/mol. The summed E-state index contributed by atoms with van der Waals surface area (Å²) in [4.78, 5) is 35.8. The Morgan fingerprint density at radius 2 is 1.96 bits per heavy atom. The molecule has 0 saturated heterocycles. The number of carbonyl (C=O) groups excluding carboxylic acids is 3. The van der Waals surface area contributed by atoms with Gasteiger partial charge in [0.05, 0.1) is 21.2 Å². The van der Waals surface area contributed by atoms with Crippen molar-refractivity contribution in [1.29, 1.82) is 0 Å². The van der Waals surface area contributed by atoms with Gasteiger partial charge >= 0.3 is 5.97 Å². The van der Waals surface area contributed by atoms with Crippen LogP contribution < -0.4 is 10.1 Å². The summed E-state index contributed by atoms with van der Waals surface area (Å²) < 4.78 is 33.4. The first-order valence-electron chi connectivity index (χ1n) is 7.92. The molecule has 146 valence electrons. The number of carbonyl (C=O) groups is 3. The highest BCUT2D eigenvalue weighted by Gasteiger charge is 2.20. The molecule has 0 saturated carbocycles. The number of benzene rings is 2. The second kappa shape index (κ2) is 7.61. The lowest BCUT2D eigenvalue weighted by molar-refractivity contribution is -0.118. The first kappa shape index (κ1) is 19.8. The zero-order chi connectivity index (χ0) is 20.5. The van der Waals surface area contributed by atoms with Gasteiger partial charge in [-0.15, -0.1) is 0 Å². The zero-order valence-corrected chi connectivity index (χ0v) is 16.1. The molecule has 1 aliphatic rings. The molecule has 0 bridgehead atoms. The number of rotatable bonds is 5. The first-order valence-corrected chi connectivity index (χ1v) is 10.2. The number of nitrogens with one attached hydrogen (secondary N) is 1. The monoisotopic (exact) mass is 423 g/mol. The molecule has 2 aromatic rings. The minimum atomic E-state index is -3.54. The summed E-state index contributed by atoms with van der Waals surface area (Å²) in [6.45, 7) is -0.697. The van der Waals surface area contributed by atoms with Crippen LogP contribution in [0.4, 0.5) is 5.69 Å². The molecule has 0 unspecified atom stereocenters. The second-order valence-corrected chi connectivity index (χ2v) is 8.38. The fourth-order valence-corrected chi connectivity index (χ4v) is 3.28. The molecule has 0 radical (unpaired) electrons. The number of ketones is 1. The number of ether oxygens (including phenoxy) is 2. The normalized spacial score (nSPS) is 13.1. The highest BCUT2D eigenvalue weighted by molar-refractivity contribution is 7.90. The molecular weight excluding hydrogens is 410 g/mol. The van der Waals surface area contributed by atoms with Crippen molar-refractivity contribution in [2.24, 2.45) is 0 Å². The predicted octanol–water partition coefficient (Wildman–Crippen LogP) is 2.11. The van der Waals surface area contributed by atoms with Crippen molar-refractivity contribution in [2.75, 3.05) is 24.8 Å². The van der Waals surface area contributed by atoms with Gasteiger partial charge in [-0.2, -0.15) is 0 Å². The second-order valence-electron chi connectivity index (χ2n) is 5.96. The summed E-state index contributed by atoms with van der Waals surface area (Å²) in [5, 5.41) is 2.57. The lowest BCUT2D eigenvalue weighted by Gasteiger charge is -2.18. The van der Waals surface area contributed by atoms with Crippen LogP contribution in [-0.4, -0.2) is 45.5 Å². The maximum absolute atomic E-state index is 12.3. The molecule has 1 heterocycles. The Morgan fingerprint density at radius 3 is 2.68 bits per heavy atom. The molecule has 0 spiro atoms. The van der Waals surface area contributed by atoms with Crippen molar-refractivity contribution in [3.8, 4) is 5.75 Å². The van der Waals surface area contributed by atoms with E-state index in [1.165, 1.54) is 30.3 Å². The molecule has 1 N–H and O–H groups in total. The van der Waals surface area contributed by atoms with E-state index in [1.807, 2.05) is 0 Å². The van der Waals surface area contributed by atoms with Gasteiger partial charge in [-0.25, -0.2) is 13.2 Å². The summed E-state index contributed by atoms with van der Waals surface area (Å²) in [5.41, 5.74) is 0.383. The molecule has 0 aliphatic carbocycles. The van der Waals surface area contributed by atoms with Gasteiger partial charge in [0, 0.05) is 11.8 Å². The van der Waals surface area contributed by atoms with E-state index in [-0.39, 0.29) is 33.6 Å². The summed E-state index contributed by atoms with van der Waals surface area (Å²) in [7, 11) is -3.54. The number of sulfone groups is 1. The van der Waals surface area contributed by atoms with Crippen LogP contribution in [0.5, 0.6) is 5.75 Å². The third kappa shape index (κ3) is 4.32. The Kier molecular flexibility index (Phi) is 5.39. The summed E-state index contributed by atoms with van der Waals surface area (Å²) in [5.74, 6) is -1.37. The Balaban J connectivity index is 1.72. The Morgan fingerprint density at radius 1 is 1.21 bits per heavy atom. The van der Waals surface area contributed by atoms with Gasteiger partial charge < -0.3 is 14.8 Å². The van der Waals surface area contributed by atoms with E-state index in [2.05, 4.69) is 5.32 Å². The maximum atomic E-state index is 12.3. The van der Waals surface area contributed by atoms with Crippen molar-refractivity contribution < 1.29 is 32.3 Å². The molecular formula is C18H14ClNO7S. The lowest BCUT2D eigenvalue weighted by atomic mass is 10.1. The Bertz CT molecular complexity index is 1100. The van der Waals surface area contributed by atoms with E-state index in [0.29, 0.717) is 11.4 Å². The quantitative estimate of drug-likeness (QED) is 0.578. The van der Waals surface area contributed by atoms with Crippen molar-refractivity contribution >= 4 is 44.8 Å². The van der Waals surface area contributed by atoms with Gasteiger partial charge in [-0.05, 0) is 36.4 Å². The van der Waals surface area contributed by atoms with Gasteiger partial charge in [-0.1, -0.05) is 11.6 Å². The Hall–Kier alpha value is -2.91. The standard InChI is InChI=1S/C18H14ClNO7S/c1-28(24,25)11-3-4-13(19)12(7-11)18(23)27-8-15(21)10-2-5-16-14(6-10)20-17(22)9-26-16/h2-7H,8-9H2,1H3,(H,20,22). The molecule has 2 aromatic carbocycles. The smallest absolute Gasteiger partial charge is 0.340 e. The summed E-state index contributed by atoms with van der Waals surface area (Å²) >= 11 is 5.93. The van der Waals surface area contributed by atoms with E-state index in [1.54, 1.807) is 0 Å². The third-order valence-corrected chi connectivity index (χ3v) is 5.29. The van der Waals surface area contributed by atoms with Crippen LogP contribution in [0.15, 0.2) is 41.3 Å². The summed E-state index contributed by atoms with van der Waals surface area (Å²) in [6, 6.07) is 8.04. The van der Waals surface area contributed by atoms with E-state index in [0.717, 1.165) is 12.3 Å². The van der Waals surface area contributed by atoms with Crippen LogP contribution in [0.25, 0.3) is 0 Å². The van der Waals surface area contributed by atoms with Gasteiger partial charge in [0.2, 0.25) is 0 Å². The van der Waals surface area contributed by atoms with E-state index >= 15 is 0 Å². The molecule has 28 heavy (non-hydrogen) atoms. The van der Waals surface area contributed by atoms with Crippen molar-refractivity contribution in [3.63, 3.8) is 0 Å². The first-order chi connectivity index (χ1) is 13.1. The molecule has 1 amide bonds. The van der Waals surface area contributed by atoms with Crippen LogP contribution in [0.2, 0.25) is 5.02 Å². The molecule has 8 nitrogen and oxygen atoms in total. The van der Waals surface area contributed by atoms with Crippen molar-refractivity contribution in [3.05, 3.63) is 52.5 Å². The third-order valence-electron chi connectivity index (χ3n) is 3.85. The molecule has 3 rings (SSSR count). The molecule has 1 aliphatic heterocycles. The van der Waals surface area contributed by atoms with E-state index < -0.39 is 28.2 Å². The average Bonchev–Trinajstić information content (AvgIpc) is 2.64. The number of hydrogen-bond acceptors (Lipinski definition) is 7. The fraction of sp³-hybridized carbons (Fsp3) is 0.167. The fourth-order valence-electron chi connectivity index (χ4n) is 2.44. The van der Waals surface area contributed by atoms with Crippen LogP contribution in [0.1, 0.15) is 20.7 Å². The highest BCUT2D eigenvalue weighted by atomic mass is 35.5. The SMILES string of the molecule is CS(=O)(=O)c1ccc(Cl)c(C(=O)OCC(=O)c2ccc3c(c2)NC(=O)CO3)c1. The van der Waals surface area contributed by atoms with Crippen molar-refractivity contribution in [2.45, 2.75) is 4.90 Å². The number of Topliss-reactive ketones (excluding diaryl/α,β-unsaturated/α-hetero) is 1. The summed E-state index contributed by atoms with van der Waals surface area (Å²) in [6.07, 6.45) is 0.994. The van der Waals surface area contributed by atoms with Crippen LogP contribution >= 0.6 is 11.6 Å². The number of esters is 1. The molecule has 0 fully saturated rings. The minimum absolute atomic E-state index is 0.00140. The van der Waals surface area contributed by atoms with E-state index in [9.17, 15) is 22.8 Å². The minimum Gasteiger partial charge on any atom is -0.482 e. The van der Waals surface area contributed by atoms with Gasteiger partial charge in [-0.3, -0.25) is 9.59 Å². The highest BCUT2D eigenvalue weighted by Crippen LogP contribution is 2.28. The number of amides is 1. The zero-order valence-electron chi connectivity index (χ0n) is 14.5. The topological polar surface area (TPSA) is 116 Å². The molecule has 0 aromatic heterocycles. The van der Waals surface area contributed by atoms with Gasteiger partial charge in [0.1, 0.15) is 5.75 Å². The molecule has 0 atom stereocenters. The van der Waals surface area contributed by atoms with Crippen LogP contribution in [0.3, 0.4) is 0 Å². The largest absolute Gasteiger partial charge is 0.482 e. The number of halogens is 1. The Labute approximate surface area is 165 Å². The van der Waals surface area contributed by atoms with Gasteiger partial charge in [0.15, 0.2) is 28.8 Å². The predicted molar refractivity (Wildman–Crippen MR) is 99.7 cm³/mol. The van der Waals surface area contributed by atoms with Gasteiger partial charge in [0.25, 0.3) is 5.91 Å². The van der Waals surface area contributed by atoms with Crippen molar-refractivity contribution in [1.82, 2.24) is 0 Å². The maximum Gasteiger partial charge on any atom is 0.340 e. The van der Waals surface area contributed by atoms with Crippen LogP contribution in [-0.2, 0) is 19.4 Å².